The van der Waals surface area contributed by atoms with Crippen LogP contribution in [-0.4, -0.2) is 23.8 Å². The van der Waals surface area contributed by atoms with Crippen LogP contribution in [0.15, 0.2) is 30.5 Å². The summed E-state index contributed by atoms with van der Waals surface area (Å²) in [6.07, 6.45) is 6.85. The number of carbonyl (C=O) groups excluding carboxylic acids is 1. The summed E-state index contributed by atoms with van der Waals surface area (Å²) in [6, 6.07) is 8.21. The summed E-state index contributed by atoms with van der Waals surface area (Å²) in [5, 5.41) is 1.23. The average molecular weight is 302 g/mol. The number of H-pyrrole nitrogens is 1. The first-order valence-electron chi connectivity index (χ1n) is 7.94. The number of hydrogen-bond acceptors (Lipinski definition) is 3. The second kappa shape index (κ2) is 7.42. The molecule has 1 saturated heterocycles. The molecule has 0 bridgehead atoms. The van der Waals surface area contributed by atoms with E-state index in [9.17, 15) is 4.79 Å². The number of ether oxygens (including phenoxy) is 1. The first-order chi connectivity index (χ1) is 10.8. The fraction of sp³-hybridized carbons (Fsp3) is 0.471. The Balaban J connectivity index is 1.40. The van der Waals surface area contributed by atoms with E-state index >= 15 is 0 Å². The van der Waals surface area contributed by atoms with Crippen molar-refractivity contribution in [3.63, 3.8) is 0 Å². The molecule has 5 heteroatoms. The molecular weight excluding hydrogens is 280 g/mol. The standard InChI is InChI=1S/C17H22N2O3/c20-16(19-22-17-10-3-4-11-21-17)9-5-6-13-12-18-15-8-2-1-7-14(13)15/h1-2,7-8,12,17-18H,3-6,9-11H2,(H,19,20)/t17-/m0/s1. The van der Waals surface area contributed by atoms with E-state index in [4.69, 9.17) is 9.57 Å². The van der Waals surface area contributed by atoms with Crippen LogP contribution in [0.3, 0.4) is 0 Å². The number of hydrogen-bond donors (Lipinski definition) is 2. The van der Waals surface area contributed by atoms with Crippen molar-refractivity contribution in [2.45, 2.75) is 44.8 Å². The van der Waals surface area contributed by atoms with Crippen LogP contribution >= 0.6 is 0 Å². The molecule has 1 atom stereocenters. The number of amides is 1. The number of carbonyl (C=O) groups is 1. The highest BCUT2D eigenvalue weighted by atomic mass is 16.8. The van der Waals surface area contributed by atoms with Crippen molar-refractivity contribution in [3.05, 3.63) is 36.0 Å². The number of para-hydroxylation sites is 1. The van der Waals surface area contributed by atoms with Gasteiger partial charge >= 0.3 is 0 Å². The number of nitrogens with one attached hydrogen (secondary N) is 2. The molecule has 22 heavy (non-hydrogen) atoms. The number of aromatic nitrogens is 1. The number of aryl methyl sites for hydroxylation is 1. The Hall–Kier alpha value is -1.85. The minimum atomic E-state index is -0.286. The van der Waals surface area contributed by atoms with E-state index in [-0.39, 0.29) is 12.2 Å². The zero-order valence-electron chi connectivity index (χ0n) is 12.6. The Morgan fingerprint density at radius 3 is 3.14 bits per heavy atom. The van der Waals surface area contributed by atoms with E-state index in [0.29, 0.717) is 13.0 Å². The molecule has 1 amide bonds. The van der Waals surface area contributed by atoms with Crippen LogP contribution in [0.25, 0.3) is 10.9 Å². The van der Waals surface area contributed by atoms with E-state index in [1.54, 1.807) is 0 Å². The van der Waals surface area contributed by atoms with Gasteiger partial charge in [0.25, 0.3) is 0 Å². The third-order valence-electron chi connectivity index (χ3n) is 3.97. The van der Waals surface area contributed by atoms with Crippen LogP contribution in [0.4, 0.5) is 0 Å². The minimum absolute atomic E-state index is 0.0889. The average Bonchev–Trinajstić information content (AvgIpc) is 2.97. The highest BCUT2D eigenvalue weighted by Crippen LogP contribution is 2.19. The second-order valence-corrected chi connectivity index (χ2v) is 5.65. The predicted molar refractivity (Wildman–Crippen MR) is 84.1 cm³/mol. The summed E-state index contributed by atoms with van der Waals surface area (Å²) in [5.41, 5.74) is 4.89. The fourth-order valence-electron chi connectivity index (χ4n) is 2.76. The maximum absolute atomic E-state index is 11.8. The normalized spacial score (nSPS) is 18.5. The second-order valence-electron chi connectivity index (χ2n) is 5.65. The highest BCUT2D eigenvalue weighted by Gasteiger charge is 2.15. The zero-order chi connectivity index (χ0) is 15.2. The van der Waals surface area contributed by atoms with Gasteiger partial charge in [-0.1, -0.05) is 18.2 Å². The molecule has 1 fully saturated rings. The lowest BCUT2D eigenvalue weighted by molar-refractivity contribution is -0.200. The number of rotatable bonds is 6. The summed E-state index contributed by atoms with van der Waals surface area (Å²) in [7, 11) is 0. The van der Waals surface area contributed by atoms with Crippen molar-refractivity contribution >= 4 is 16.8 Å². The van der Waals surface area contributed by atoms with Crippen molar-refractivity contribution in [1.29, 1.82) is 0 Å². The Morgan fingerprint density at radius 1 is 1.36 bits per heavy atom. The van der Waals surface area contributed by atoms with Gasteiger partial charge in [0.1, 0.15) is 0 Å². The van der Waals surface area contributed by atoms with E-state index < -0.39 is 0 Å². The summed E-state index contributed by atoms with van der Waals surface area (Å²) in [4.78, 5) is 20.3. The molecule has 2 heterocycles. The van der Waals surface area contributed by atoms with E-state index in [1.165, 1.54) is 10.9 Å². The van der Waals surface area contributed by atoms with Crippen molar-refractivity contribution in [1.82, 2.24) is 10.5 Å². The third-order valence-corrected chi connectivity index (χ3v) is 3.97. The van der Waals surface area contributed by atoms with Crippen LogP contribution < -0.4 is 5.48 Å². The van der Waals surface area contributed by atoms with Crippen LogP contribution in [0, 0.1) is 0 Å². The smallest absolute Gasteiger partial charge is 0.243 e. The summed E-state index contributed by atoms with van der Waals surface area (Å²) in [5.74, 6) is -0.0889. The maximum atomic E-state index is 11.8. The molecule has 3 rings (SSSR count). The van der Waals surface area contributed by atoms with Crippen LogP contribution in [-0.2, 0) is 20.8 Å². The quantitative estimate of drug-likeness (QED) is 0.806. The van der Waals surface area contributed by atoms with Gasteiger partial charge in [0.05, 0.1) is 0 Å². The molecule has 1 aromatic heterocycles. The molecular formula is C17H22N2O3. The minimum Gasteiger partial charge on any atom is -0.361 e. The number of benzene rings is 1. The monoisotopic (exact) mass is 302 g/mol. The van der Waals surface area contributed by atoms with E-state index in [0.717, 1.165) is 37.6 Å². The van der Waals surface area contributed by atoms with Crippen molar-refractivity contribution < 1.29 is 14.4 Å². The number of aromatic amines is 1. The Kier molecular flexibility index (Phi) is 5.08. The molecule has 1 aliphatic rings. The van der Waals surface area contributed by atoms with Gasteiger partial charge in [0.15, 0.2) is 6.29 Å². The Labute approximate surface area is 129 Å². The summed E-state index contributed by atoms with van der Waals surface area (Å²) >= 11 is 0. The van der Waals surface area contributed by atoms with Gasteiger partial charge in [-0.3, -0.25) is 4.79 Å². The molecule has 118 valence electrons. The van der Waals surface area contributed by atoms with E-state index in [2.05, 4.69) is 22.6 Å². The first-order valence-corrected chi connectivity index (χ1v) is 7.94. The lowest BCUT2D eigenvalue weighted by Crippen LogP contribution is -2.33. The molecule has 2 N–H and O–H groups in total. The highest BCUT2D eigenvalue weighted by molar-refractivity contribution is 5.83. The molecule has 0 saturated carbocycles. The topological polar surface area (TPSA) is 63.4 Å². The first kappa shape index (κ1) is 15.1. The van der Waals surface area contributed by atoms with Crippen molar-refractivity contribution in [2.75, 3.05) is 6.61 Å². The SMILES string of the molecule is O=C(CCCc1c[nH]c2ccccc12)NO[C@H]1CCCCO1. The Bertz CT molecular complexity index is 617. The molecule has 1 aliphatic heterocycles. The van der Waals surface area contributed by atoms with Gasteiger partial charge in [-0.2, -0.15) is 0 Å². The van der Waals surface area contributed by atoms with Gasteiger partial charge in [-0.15, -0.1) is 0 Å². The van der Waals surface area contributed by atoms with Crippen LogP contribution in [0.2, 0.25) is 0 Å². The summed E-state index contributed by atoms with van der Waals surface area (Å²) in [6.45, 7) is 0.709. The molecule has 1 aromatic carbocycles. The predicted octanol–water partition coefficient (Wildman–Crippen LogP) is 3.07. The third kappa shape index (κ3) is 3.87. The summed E-state index contributed by atoms with van der Waals surface area (Å²) < 4.78 is 5.40. The molecule has 0 radical (unpaired) electrons. The van der Waals surface area contributed by atoms with Gasteiger partial charge in [0.2, 0.25) is 5.91 Å². The van der Waals surface area contributed by atoms with Crippen LogP contribution in [0.1, 0.15) is 37.7 Å². The largest absolute Gasteiger partial charge is 0.361 e. The molecule has 2 aromatic rings. The van der Waals surface area contributed by atoms with Gasteiger partial charge < -0.3 is 9.72 Å². The lowest BCUT2D eigenvalue weighted by Gasteiger charge is -2.22. The molecule has 0 aliphatic carbocycles. The molecule has 0 spiro atoms. The van der Waals surface area contributed by atoms with Crippen LogP contribution in [0.5, 0.6) is 0 Å². The number of hydroxylamine groups is 1. The lowest BCUT2D eigenvalue weighted by atomic mass is 10.1. The zero-order valence-corrected chi connectivity index (χ0v) is 12.6. The molecule has 0 unspecified atom stereocenters. The van der Waals surface area contributed by atoms with Gasteiger partial charge in [-0.25, -0.2) is 10.3 Å². The van der Waals surface area contributed by atoms with Gasteiger partial charge in [-0.05, 0) is 37.3 Å². The van der Waals surface area contributed by atoms with Crippen molar-refractivity contribution in [3.8, 4) is 0 Å². The Morgan fingerprint density at radius 2 is 2.27 bits per heavy atom. The maximum Gasteiger partial charge on any atom is 0.243 e. The van der Waals surface area contributed by atoms with Crippen molar-refractivity contribution in [2.24, 2.45) is 0 Å². The molecule has 5 nitrogen and oxygen atoms in total. The fourth-order valence-corrected chi connectivity index (χ4v) is 2.76. The van der Waals surface area contributed by atoms with Gasteiger partial charge in [0, 0.05) is 36.5 Å². The van der Waals surface area contributed by atoms with E-state index in [1.807, 2.05) is 18.3 Å². The number of fused-ring (bicyclic) bond motifs is 1.